The van der Waals surface area contributed by atoms with Gasteiger partial charge in [-0.3, -0.25) is 19.9 Å². The molecule has 1 fully saturated rings. The molecule has 0 aliphatic carbocycles. The third kappa shape index (κ3) is 9.60. The van der Waals surface area contributed by atoms with Crippen LogP contribution in [-0.2, 0) is 11.3 Å². The Morgan fingerprint density at radius 3 is 2.46 bits per heavy atom. The summed E-state index contributed by atoms with van der Waals surface area (Å²) in [5.41, 5.74) is 1.53. The lowest BCUT2D eigenvalue weighted by Crippen LogP contribution is -2.52. The number of hydrogen-bond acceptors (Lipinski definition) is 10. The molecule has 4 atom stereocenters. The lowest BCUT2D eigenvalue weighted by molar-refractivity contribution is -0.384. The molecule has 0 spiro atoms. The van der Waals surface area contributed by atoms with Crippen molar-refractivity contribution in [3.05, 3.63) is 33.9 Å². The second-order valence-electron chi connectivity index (χ2n) is 9.29. The van der Waals surface area contributed by atoms with Crippen molar-refractivity contribution in [2.24, 2.45) is 0 Å². The highest BCUT2D eigenvalue weighted by atomic mass is 16.6. The average molecular weight is 499 g/mol. The van der Waals surface area contributed by atoms with Crippen molar-refractivity contribution in [1.82, 2.24) is 9.80 Å². The van der Waals surface area contributed by atoms with Gasteiger partial charge in [0, 0.05) is 32.2 Å². The van der Waals surface area contributed by atoms with Crippen LogP contribution in [-0.4, -0.2) is 113 Å². The van der Waals surface area contributed by atoms with Gasteiger partial charge in [0.15, 0.2) is 0 Å². The minimum Gasteiger partial charge on any atom is -0.395 e. The van der Waals surface area contributed by atoms with Crippen LogP contribution in [0.4, 0.5) is 11.4 Å². The van der Waals surface area contributed by atoms with E-state index in [4.69, 9.17) is 4.74 Å². The number of morpholine rings is 1. The van der Waals surface area contributed by atoms with E-state index >= 15 is 0 Å². The van der Waals surface area contributed by atoms with E-state index in [1.165, 1.54) is 6.92 Å². The lowest BCUT2D eigenvalue weighted by atomic mass is 10.0. The number of nitrogens with one attached hydrogen (secondary N) is 1. The second-order valence-corrected chi connectivity index (χ2v) is 9.29. The summed E-state index contributed by atoms with van der Waals surface area (Å²) < 4.78 is 5.35. The van der Waals surface area contributed by atoms with Crippen molar-refractivity contribution >= 4 is 11.4 Å². The zero-order chi connectivity index (χ0) is 25.8. The highest BCUT2D eigenvalue weighted by Crippen LogP contribution is 2.26. The van der Waals surface area contributed by atoms with E-state index in [1.54, 1.807) is 24.1 Å². The Labute approximate surface area is 207 Å². The first-order valence-corrected chi connectivity index (χ1v) is 12.4. The molecule has 0 unspecified atom stereocenters. The predicted octanol–water partition coefficient (Wildman–Crippen LogP) is 0.795. The van der Waals surface area contributed by atoms with Crippen LogP contribution < -0.4 is 5.32 Å². The molecule has 1 aromatic carbocycles. The van der Waals surface area contributed by atoms with Gasteiger partial charge in [0.1, 0.15) is 17.9 Å². The lowest BCUT2D eigenvalue weighted by Gasteiger charge is -2.33. The Morgan fingerprint density at radius 2 is 1.83 bits per heavy atom. The van der Waals surface area contributed by atoms with Gasteiger partial charge in [0.25, 0.3) is 5.69 Å². The number of anilines is 1. The topological polar surface area (TPSA) is 152 Å². The van der Waals surface area contributed by atoms with Crippen molar-refractivity contribution in [2.45, 2.75) is 63.5 Å². The van der Waals surface area contributed by atoms with Crippen molar-refractivity contribution in [3.63, 3.8) is 0 Å². The summed E-state index contributed by atoms with van der Waals surface area (Å²) in [6.07, 6.45) is -0.129. The maximum Gasteiger partial charge on any atom is 0.292 e. The summed E-state index contributed by atoms with van der Waals surface area (Å²) in [6.45, 7) is 6.02. The Kier molecular flexibility index (Phi) is 12.8. The van der Waals surface area contributed by atoms with Gasteiger partial charge >= 0.3 is 0 Å². The zero-order valence-corrected chi connectivity index (χ0v) is 20.9. The number of aliphatic hydroxyl groups excluding tert-OH is 4. The molecule has 35 heavy (non-hydrogen) atoms. The predicted molar refractivity (Wildman–Crippen MR) is 133 cm³/mol. The van der Waals surface area contributed by atoms with Gasteiger partial charge in [-0.2, -0.15) is 0 Å². The highest BCUT2D eigenvalue weighted by Gasteiger charge is 2.31. The quantitative estimate of drug-likeness (QED) is 0.126. The Balaban J connectivity index is 1.71. The minimum atomic E-state index is -1.32. The summed E-state index contributed by atoms with van der Waals surface area (Å²) in [6, 6.07) is 4.70. The number of rotatable bonds is 16. The maximum absolute atomic E-state index is 11.6. The number of aliphatic hydroxyl groups is 4. The molecular formula is C24H42N4O7. The van der Waals surface area contributed by atoms with Gasteiger partial charge in [0.2, 0.25) is 0 Å². The number of nitro benzene ring substituents is 1. The highest BCUT2D eigenvalue weighted by molar-refractivity contribution is 5.62. The summed E-state index contributed by atoms with van der Waals surface area (Å²) >= 11 is 0. The third-order valence-electron chi connectivity index (χ3n) is 6.51. The van der Waals surface area contributed by atoms with E-state index in [-0.39, 0.29) is 17.2 Å². The molecule has 0 amide bonds. The van der Waals surface area contributed by atoms with E-state index in [0.717, 1.165) is 44.3 Å². The molecular weight excluding hydrogens is 456 g/mol. The zero-order valence-electron chi connectivity index (χ0n) is 20.9. The number of hydrogen-bond donors (Lipinski definition) is 5. The number of nitro groups is 1. The van der Waals surface area contributed by atoms with E-state index in [2.05, 4.69) is 10.2 Å². The second kappa shape index (κ2) is 15.3. The molecule has 1 aromatic rings. The van der Waals surface area contributed by atoms with E-state index in [1.807, 2.05) is 6.07 Å². The Hall–Kier alpha value is -1.86. The first-order chi connectivity index (χ1) is 16.7. The van der Waals surface area contributed by atoms with Crippen molar-refractivity contribution in [1.29, 1.82) is 0 Å². The number of unbranched alkanes of at least 4 members (excludes halogenated alkanes) is 3. The van der Waals surface area contributed by atoms with Gasteiger partial charge in [-0.25, -0.2) is 0 Å². The molecule has 1 aliphatic rings. The Bertz CT molecular complexity index is 761. The van der Waals surface area contributed by atoms with Gasteiger partial charge in [-0.05, 0) is 45.0 Å². The molecule has 11 heteroatoms. The molecule has 0 radical (unpaired) electrons. The smallest absolute Gasteiger partial charge is 0.292 e. The van der Waals surface area contributed by atoms with Crippen molar-refractivity contribution in [2.75, 3.05) is 58.4 Å². The van der Waals surface area contributed by atoms with Crippen LogP contribution in [0.25, 0.3) is 0 Å². The van der Waals surface area contributed by atoms with E-state index in [0.29, 0.717) is 38.5 Å². The van der Waals surface area contributed by atoms with E-state index in [9.17, 15) is 30.5 Å². The number of ether oxygens (including phenoxy) is 1. The molecule has 5 N–H and O–H groups in total. The average Bonchev–Trinajstić information content (AvgIpc) is 2.84. The third-order valence-corrected chi connectivity index (χ3v) is 6.51. The first kappa shape index (κ1) is 29.4. The van der Waals surface area contributed by atoms with Crippen LogP contribution in [0.1, 0.15) is 38.2 Å². The molecule has 2 rings (SSSR count). The monoisotopic (exact) mass is 498 g/mol. The van der Waals surface area contributed by atoms with Gasteiger partial charge in [0.05, 0.1) is 36.9 Å². The van der Waals surface area contributed by atoms with Crippen LogP contribution in [0.5, 0.6) is 0 Å². The molecule has 0 bridgehead atoms. The molecule has 11 nitrogen and oxygen atoms in total. The van der Waals surface area contributed by atoms with Gasteiger partial charge < -0.3 is 30.5 Å². The summed E-state index contributed by atoms with van der Waals surface area (Å²) in [5.74, 6) is 0. The number of likely N-dealkylation sites (N-methyl/N-ethyl adjacent to an activating group) is 1. The molecule has 1 saturated heterocycles. The number of nitrogens with zero attached hydrogens (tertiary/aromatic N) is 3. The molecule has 0 saturated carbocycles. The fourth-order valence-corrected chi connectivity index (χ4v) is 4.24. The summed E-state index contributed by atoms with van der Waals surface area (Å²) in [4.78, 5) is 15.2. The van der Waals surface area contributed by atoms with Crippen LogP contribution in [0.2, 0.25) is 0 Å². The molecule has 200 valence electrons. The van der Waals surface area contributed by atoms with Crippen LogP contribution >= 0.6 is 0 Å². The summed E-state index contributed by atoms with van der Waals surface area (Å²) in [7, 11) is 1.77. The fourth-order valence-electron chi connectivity index (χ4n) is 4.24. The normalized spacial score (nSPS) is 18.3. The van der Waals surface area contributed by atoms with E-state index < -0.39 is 24.4 Å². The minimum absolute atomic E-state index is 0.0883. The number of benzene rings is 1. The molecule has 1 heterocycles. The van der Waals surface area contributed by atoms with Crippen molar-refractivity contribution in [3.8, 4) is 0 Å². The van der Waals surface area contributed by atoms with Crippen molar-refractivity contribution < 1.29 is 30.1 Å². The van der Waals surface area contributed by atoms with Gasteiger partial charge in [-0.1, -0.05) is 18.9 Å². The summed E-state index contributed by atoms with van der Waals surface area (Å²) in [5, 5.41) is 53.8. The van der Waals surface area contributed by atoms with Crippen LogP contribution in [0, 0.1) is 10.1 Å². The van der Waals surface area contributed by atoms with Crippen LogP contribution in [0.3, 0.4) is 0 Å². The SMILES string of the molecule is C[C@H](O)[C@@H](O)[C@H](O)[C@@H](CO)N(C)CCCCCCNc1ccc(CN2CCOCC2)cc1[N+](=O)[O-]. The Morgan fingerprint density at radius 1 is 1.14 bits per heavy atom. The van der Waals surface area contributed by atoms with Gasteiger partial charge in [-0.15, -0.1) is 0 Å². The maximum atomic E-state index is 11.6. The first-order valence-electron chi connectivity index (χ1n) is 12.4. The largest absolute Gasteiger partial charge is 0.395 e. The standard InChI is InChI=1S/C24H42N4O7/c1-18(30)23(31)24(32)22(17-29)26(2)10-6-4-3-5-9-25-20-8-7-19(15-21(20)28(33)34)16-27-11-13-35-14-12-27/h7-8,15,18,22-25,29-32H,3-6,9-14,16-17H2,1-2H3/t18-,22+,23+,24+/m0/s1. The molecule has 1 aliphatic heterocycles. The van der Waals surface area contributed by atoms with Crippen LogP contribution in [0.15, 0.2) is 18.2 Å². The fraction of sp³-hybridized carbons (Fsp3) is 0.750. The molecule has 0 aromatic heterocycles.